The summed E-state index contributed by atoms with van der Waals surface area (Å²) in [5, 5.41) is 0. The van der Waals surface area contributed by atoms with Crippen molar-refractivity contribution in [1.29, 1.82) is 0 Å². The quantitative estimate of drug-likeness (QED) is 0.196. The van der Waals surface area contributed by atoms with Gasteiger partial charge in [0.15, 0.2) is 0 Å². The Balaban J connectivity index is 1.34. The summed E-state index contributed by atoms with van der Waals surface area (Å²) in [5.74, 6) is 1.98. The van der Waals surface area contributed by atoms with Gasteiger partial charge in [0.1, 0.15) is 11.5 Å². The van der Waals surface area contributed by atoms with E-state index in [1.807, 2.05) is 0 Å². The van der Waals surface area contributed by atoms with E-state index in [4.69, 9.17) is 4.74 Å². The molecular formula is C27H39F3O3. The average Bonchev–Trinajstić information content (AvgIpc) is 2.80. The number of alkyl halides is 3. The second-order valence-corrected chi connectivity index (χ2v) is 10.0. The molecule has 0 N–H and O–H groups in total. The number of carbonyl (C=O) groups is 1. The monoisotopic (exact) mass is 468 g/mol. The lowest BCUT2D eigenvalue weighted by atomic mass is 9.68. The molecule has 0 bridgehead atoms. The molecule has 0 aromatic heterocycles. The van der Waals surface area contributed by atoms with Gasteiger partial charge in [0.25, 0.3) is 0 Å². The molecule has 6 heteroatoms. The fourth-order valence-corrected chi connectivity index (χ4v) is 5.72. The lowest BCUT2D eigenvalue weighted by molar-refractivity contribution is -0.274. The number of carbonyl (C=O) groups excluding carboxylic acids is 1. The maximum Gasteiger partial charge on any atom is 0.573 e. The van der Waals surface area contributed by atoms with Crippen LogP contribution in [-0.2, 0) is 4.79 Å². The van der Waals surface area contributed by atoms with E-state index in [1.165, 1.54) is 76.3 Å². The first-order valence-corrected chi connectivity index (χ1v) is 12.9. The van der Waals surface area contributed by atoms with Crippen molar-refractivity contribution in [1.82, 2.24) is 0 Å². The van der Waals surface area contributed by atoms with Gasteiger partial charge in [0.2, 0.25) is 0 Å². The summed E-state index contributed by atoms with van der Waals surface area (Å²) in [7, 11) is 0. The van der Waals surface area contributed by atoms with Gasteiger partial charge in [0.05, 0.1) is 5.92 Å². The van der Waals surface area contributed by atoms with Crippen LogP contribution in [0.15, 0.2) is 24.3 Å². The van der Waals surface area contributed by atoms with Gasteiger partial charge in [-0.25, -0.2) is 0 Å². The molecule has 33 heavy (non-hydrogen) atoms. The molecule has 3 nitrogen and oxygen atoms in total. The van der Waals surface area contributed by atoms with Crippen LogP contribution in [0.1, 0.15) is 96.8 Å². The zero-order valence-corrected chi connectivity index (χ0v) is 19.9. The van der Waals surface area contributed by atoms with Gasteiger partial charge in [0, 0.05) is 0 Å². The molecule has 0 spiro atoms. The first-order valence-electron chi connectivity index (χ1n) is 12.9. The van der Waals surface area contributed by atoms with Crippen molar-refractivity contribution in [2.24, 2.45) is 23.7 Å². The SMILES string of the molecule is CCCCCCC[C@H]1CC[C@H](C2CCC(C(=O)Oc3ccc(OC(F)(F)F)cc3)CC2)CC1. The van der Waals surface area contributed by atoms with Crippen molar-refractivity contribution in [2.45, 2.75) is 103 Å². The third-order valence-electron chi connectivity index (χ3n) is 7.65. The molecular weight excluding hydrogens is 429 g/mol. The topological polar surface area (TPSA) is 35.5 Å². The molecule has 2 fully saturated rings. The lowest BCUT2D eigenvalue weighted by Crippen LogP contribution is -2.30. The van der Waals surface area contributed by atoms with Crippen LogP contribution >= 0.6 is 0 Å². The van der Waals surface area contributed by atoms with Crippen molar-refractivity contribution in [3.05, 3.63) is 24.3 Å². The van der Waals surface area contributed by atoms with Crippen LogP contribution in [0.25, 0.3) is 0 Å². The molecule has 0 unspecified atom stereocenters. The Morgan fingerprint density at radius 1 is 0.818 bits per heavy atom. The number of hydrogen-bond donors (Lipinski definition) is 0. The van der Waals surface area contributed by atoms with E-state index in [0.717, 1.165) is 55.6 Å². The van der Waals surface area contributed by atoms with Crippen LogP contribution in [0.3, 0.4) is 0 Å². The van der Waals surface area contributed by atoms with E-state index in [1.54, 1.807) is 0 Å². The highest BCUT2D eigenvalue weighted by Crippen LogP contribution is 2.42. The van der Waals surface area contributed by atoms with E-state index in [0.29, 0.717) is 0 Å². The van der Waals surface area contributed by atoms with Crippen molar-refractivity contribution in [3.63, 3.8) is 0 Å². The van der Waals surface area contributed by atoms with Crippen LogP contribution in [-0.4, -0.2) is 12.3 Å². The summed E-state index contributed by atoms with van der Waals surface area (Å²) < 4.78 is 46.0. The molecule has 1 aromatic carbocycles. The minimum Gasteiger partial charge on any atom is -0.426 e. The van der Waals surface area contributed by atoms with Gasteiger partial charge in [-0.05, 0) is 80.5 Å². The Hall–Kier alpha value is -1.72. The summed E-state index contributed by atoms with van der Waals surface area (Å²) in [6.07, 6.45) is 12.8. The number of esters is 1. The number of ether oxygens (including phenoxy) is 2. The molecule has 0 saturated heterocycles. The van der Waals surface area contributed by atoms with Crippen molar-refractivity contribution in [3.8, 4) is 11.5 Å². The number of rotatable bonds is 10. The van der Waals surface area contributed by atoms with Crippen molar-refractivity contribution in [2.75, 3.05) is 0 Å². The van der Waals surface area contributed by atoms with Crippen LogP contribution < -0.4 is 9.47 Å². The highest BCUT2D eigenvalue weighted by Gasteiger charge is 2.34. The molecule has 0 amide bonds. The zero-order chi connectivity index (χ0) is 23.7. The number of hydrogen-bond acceptors (Lipinski definition) is 3. The average molecular weight is 469 g/mol. The largest absolute Gasteiger partial charge is 0.573 e. The van der Waals surface area contributed by atoms with Crippen LogP contribution in [0.4, 0.5) is 13.2 Å². The summed E-state index contributed by atoms with van der Waals surface area (Å²) >= 11 is 0. The molecule has 0 atom stereocenters. The third kappa shape index (κ3) is 8.86. The Morgan fingerprint density at radius 3 is 1.94 bits per heavy atom. The summed E-state index contributed by atoms with van der Waals surface area (Å²) in [5.41, 5.74) is 0. The van der Waals surface area contributed by atoms with Crippen LogP contribution in [0, 0.1) is 23.7 Å². The fraction of sp³-hybridized carbons (Fsp3) is 0.741. The smallest absolute Gasteiger partial charge is 0.426 e. The van der Waals surface area contributed by atoms with Gasteiger partial charge < -0.3 is 9.47 Å². The van der Waals surface area contributed by atoms with E-state index in [2.05, 4.69) is 11.7 Å². The van der Waals surface area contributed by atoms with Crippen molar-refractivity contribution >= 4 is 5.97 Å². The van der Waals surface area contributed by atoms with E-state index >= 15 is 0 Å². The Morgan fingerprint density at radius 2 is 1.36 bits per heavy atom. The molecule has 2 aliphatic rings. The zero-order valence-electron chi connectivity index (χ0n) is 19.9. The molecule has 0 radical (unpaired) electrons. The molecule has 0 aliphatic heterocycles. The summed E-state index contributed by atoms with van der Waals surface area (Å²) in [6.45, 7) is 2.26. The van der Waals surface area contributed by atoms with Crippen molar-refractivity contribution < 1.29 is 27.4 Å². The van der Waals surface area contributed by atoms with Gasteiger partial charge in [-0.15, -0.1) is 13.2 Å². The van der Waals surface area contributed by atoms with Gasteiger partial charge in [-0.1, -0.05) is 58.3 Å². The summed E-state index contributed by atoms with van der Waals surface area (Å²) in [4.78, 5) is 12.5. The lowest BCUT2D eigenvalue weighted by Gasteiger charge is -2.37. The minimum atomic E-state index is -4.73. The second kappa shape index (κ2) is 12.7. The van der Waals surface area contributed by atoms with Crippen LogP contribution in [0.2, 0.25) is 0 Å². The molecule has 3 rings (SSSR count). The Kier molecular flexibility index (Phi) is 9.94. The number of unbranched alkanes of at least 4 members (excludes halogenated alkanes) is 4. The standard InChI is InChI=1S/C27H39F3O3/c1-2-3-4-5-6-7-20-8-10-21(11-9-20)22-12-14-23(15-13-22)26(31)32-24-16-18-25(19-17-24)33-27(28,29)30/h16-23H,2-15H2,1H3/t20-,21-,22?,23?. The molecule has 186 valence electrons. The number of halogens is 3. The van der Waals surface area contributed by atoms with Crippen LogP contribution in [0.5, 0.6) is 11.5 Å². The summed E-state index contributed by atoms with van der Waals surface area (Å²) in [6, 6.07) is 5.00. The predicted molar refractivity (Wildman–Crippen MR) is 123 cm³/mol. The number of benzene rings is 1. The molecule has 2 aliphatic carbocycles. The van der Waals surface area contributed by atoms with Gasteiger partial charge in [-0.2, -0.15) is 0 Å². The fourth-order valence-electron chi connectivity index (χ4n) is 5.72. The van der Waals surface area contributed by atoms with Gasteiger partial charge in [-0.3, -0.25) is 4.79 Å². The first-order chi connectivity index (χ1) is 15.8. The maximum atomic E-state index is 12.5. The predicted octanol–water partition coefficient (Wildman–Crippen LogP) is 8.46. The third-order valence-corrected chi connectivity index (χ3v) is 7.65. The molecule has 2 saturated carbocycles. The second-order valence-electron chi connectivity index (χ2n) is 10.0. The minimum absolute atomic E-state index is 0.119. The van der Waals surface area contributed by atoms with E-state index in [-0.39, 0.29) is 23.4 Å². The van der Waals surface area contributed by atoms with E-state index in [9.17, 15) is 18.0 Å². The molecule has 1 aromatic rings. The molecule has 0 heterocycles. The van der Waals surface area contributed by atoms with Gasteiger partial charge >= 0.3 is 12.3 Å². The maximum absolute atomic E-state index is 12.5. The highest BCUT2D eigenvalue weighted by atomic mass is 19.4. The highest BCUT2D eigenvalue weighted by molar-refractivity contribution is 5.75. The first kappa shape index (κ1) is 25.9. The Bertz CT molecular complexity index is 700. The normalized spacial score (nSPS) is 26.1. The van der Waals surface area contributed by atoms with E-state index < -0.39 is 6.36 Å². The Labute approximate surface area is 196 Å².